The van der Waals surface area contributed by atoms with Crippen molar-refractivity contribution in [2.45, 2.75) is 34.1 Å². The van der Waals surface area contributed by atoms with Gasteiger partial charge in [0.25, 0.3) is 0 Å². The second-order valence-electron chi connectivity index (χ2n) is 4.32. The fourth-order valence-corrected chi connectivity index (χ4v) is 2.05. The number of hydrogen-bond acceptors (Lipinski definition) is 0. The zero-order valence-corrected chi connectivity index (χ0v) is 8.94. The Hall–Kier alpha value is 0.0774. The van der Waals surface area contributed by atoms with Crippen LogP contribution in [0.25, 0.3) is 0 Å². The second kappa shape index (κ2) is 3.86. The van der Waals surface area contributed by atoms with Gasteiger partial charge in [-0.15, -0.1) is 0 Å². The van der Waals surface area contributed by atoms with Crippen LogP contribution in [0.3, 0.4) is 0 Å². The van der Waals surface area contributed by atoms with Gasteiger partial charge in [0.1, 0.15) is 0 Å². The fraction of sp³-hybridized carbons (Fsp3) is 0.636. The molecule has 0 aromatic rings. The molecule has 0 amide bonds. The van der Waals surface area contributed by atoms with Crippen molar-refractivity contribution in [1.82, 2.24) is 0 Å². The molecule has 0 heterocycles. The summed E-state index contributed by atoms with van der Waals surface area (Å²) in [5, 5.41) is 0. The third-order valence-corrected chi connectivity index (χ3v) is 2.78. The SMILES string of the molecule is [Li][C]1=C(C(C)C)CC=C1C(C)C. The van der Waals surface area contributed by atoms with E-state index in [9.17, 15) is 0 Å². The molecule has 1 aliphatic rings. The van der Waals surface area contributed by atoms with Crippen LogP contribution in [0, 0.1) is 11.8 Å². The summed E-state index contributed by atoms with van der Waals surface area (Å²) in [7, 11) is 0. The minimum atomic E-state index is 0.696. The van der Waals surface area contributed by atoms with Crippen LogP contribution in [0.2, 0.25) is 0 Å². The van der Waals surface area contributed by atoms with Crippen molar-refractivity contribution in [3.8, 4) is 0 Å². The Morgan fingerprint density at radius 2 is 1.75 bits per heavy atom. The Morgan fingerprint density at radius 3 is 2.00 bits per heavy atom. The molecule has 1 heteroatoms. The van der Waals surface area contributed by atoms with E-state index < -0.39 is 0 Å². The maximum absolute atomic E-state index is 2.40. The summed E-state index contributed by atoms with van der Waals surface area (Å²) < 4.78 is 1.56. The molecule has 0 bridgehead atoms. The van der Waals surface area contributed by atoms with E-state index >= 15 is 0 Å². The van der Waals surface area contributed by atoms with Crippen LogP contribution in [0.1, 0.15) is 34.1 Å². The van der Waals surface area contributed by atoms with Gasteiger partial charge >= 0.3 is 85.1 Å². The summed E-state index contributed by atoms with van der Waals surface area (Å²) in [5.74, 6) is 1.42. The van der Waals surface area contributed by atoms with Crippen molar-refractivity contribution < 1.29 is 0 Å². The van der Waals surface area contributed by atoms with Crippen molar-refractivity contribution in [2.75, 3.05) is 0 Å². The van der Waals surface area contributed by atoms with Crippen molar-refractivity contribution in [1.29, 1.82) is 0 Å². The number of hydrogen-bond donors (Lipinski definition) is 0. The van der Waals surface area contributed by atoms with E-state index in [0.29, 0.717) is 5.92 Å². The van der Waals surface area contributed by atoms with Gasteiger partial charge in [0, 0.05) is 0 Å². The third-order valence-electron chi connectivity index (χ3n) is 2.78. The second-order valence-corrected chi connectivity index (χ2v) is 4.32. The topological polar surface area (TPSA) is 0 Å². The van der Waals surface area contributed by atoms with E-state index in [0.717, 1.165) is 5.92 Å². The molecule has 0 N–H and O–H groups in total. The molecule has 0 aromatic heterocycles. The van der Waals surface area contributed by atoms with Crippen LogP contribution in [0.5, 0.6) is 0 Å². The first-order valence-corrected chi connectivity index (χ1v) is 4.94. The Labute approximate surface area is 85.3 Å². The van der Waals surface area contributed by atoms with Crippen LogP contribution >= 0.6 is 0 Å². The number of rotatable bonds is 2. The molecule has 1 rings (SSSR count). The summed E-state index contributed by atoms with van der Waals surface area (Å²) in [6.45, 7) is 9.13. The third kappa shape index (κ3) is 1.87. The zero-order valence-electron chi connectivity index (χ0n) is 8.94. The quantitative estimate of drug-likeness (QED) is 0.539. The van der Waals surface area contributed by atoms with Crippen LogP contribution in [0.15, 0.2) is 21.5 Å². The van der Waals surface area contributed by atoms with E-state index in [1.807, 2.05) is 0 Å². The molecule has 0 saturated heterocycles. The summed E-state index contributed by atoms with van der Waals surface area (Å²) in [6, 6.07) is 0. The van der Waals surface area contributed by atoms with E-state index in [1.54, 1.807) is 15.4 Å². The van der Waals surface area contributed by atoms with Gasteiger partial charge in [-0.25, -0.2) is 0 Å². The first-order valence-electron chi connectivity index (χ1n) is 4.94. The molecule has 0 aliphatic heterocycles. The molecule has 12 heavy (non-hydrogen) atoms. The van der Waals surface area contributed by atoms with Crippen LogP contribution < -0.4 is 0 Å². The Kier molecular flexibility index (Phi) is 3.27. The van der Waals surface area contributed by atoms with E-state index in [4.69, 9.17) is 0 Å². The molecule has 0 atom stereocenters. The van der Waals surface area contributed by atoms with Gasteiger partial charge in [0.15, 0.2) is 0 Å². The van der Waals surface area contributed by atoms with Crippen LogP contribution in [-0.4, -0.2) is 17.7 Å². The summed E-state index contributed by atoms with van der Waals surface area (Å²) in [5.41, 5.74) is 3.21. The molecule has 0 fully saturated rings. The van der Waals surface area contributed by atoms with Gasteiger partial charge in [0.2, 0.25) is 0 Å². The van der Waals surface area contributed by atoms with Crippen molar-refractivity contribution in [2.24, 2.45) is 11.8 Å². The molecule has 0 aromatic carbocycles. The predicted octanol–water partition coefficient (Wildman–Crippen LogP) is 3.05. The fourth-order valence-electron chi connectivity index (χ4n) is 2.05. The van der Waals surface area contributed by atoms with Crippen molar-refractivity contribution in [3.63, 3.8) is 0 Å². The molecule has 0 nitrogen and oxygen atoms in total. The van der Waals surface area contributed by atoms with Crippen molar-refractivity contribution >= 4 is 17.7 Å². The van der Waals surface area contributed by atoms with E-state index in [1.165, 1.54) is 6.42 Å². The number of allylic oxidation sites excluding steroid dienone is 4. The molecule has 0 radical (unpaired) electrons. The van der Waals surface area contributed by atoms with Gasteiger partial charge in [0.05, 0.1) is 0 Å². The maximum atomic E-state index is 2.40. The first kappa shape index (κ1) is 10.2. The Balaban J connectivity index is 2.86. The standard InChI is InChI=1S/C11H17.Li/c1-8(2)10-5-6-11(7-10)9(3)4;/h5,8-9H,6H2,1-4H3;. The predicted molar refractivity (Wildman–Crippen MR) is 55.2 cm³/mol. The molecule has 0 spiro atoms. The summed E-state index contributed by atoms with van der Waals surface area (Å²) in [6.07, 6.45) is 3.59. The molecular formula is C11H17Li. The minimum absolute atomic E-state index is 0.696. The van der Waals surface area contributed by atoms with Gasteiger partial charge in [-0.3, -0.25) is 0 Å². The Bertz CT molecular complexity index is 220. The average molecular weight is 156 g/mol. The van der Waals surface area contributed by atoms with E-state index in [-0.39, 0.29) is 0 Å². The summed E-state index contributed by atoms with van der Waals surface area (Å²) >= 11 is 2.27. The first-order chi connectivity index (χ1) is 5.54. The van der Waals surface area contributed by atoms with Gasteiger partial charge in [-0.05, 0) is 0 Å². The zero-order chi connectivity index (χ0) is 9.30. The molecular weight excluding hydrogens is 139 g/mol. The van der Waals surface area contributed by atoms with Crippen molar-refractivity contribution in [3.05, 3.63) is 21.5 Å². The van der Waals surface area contributed by atoms with Gasteiger partial charge in [-0.1, -0.05) is 0 Å². The van der Waals surface area contributed by atoms with Gasteiger partial charge in [-0.2, -0.15) is 0 Å². The Morgan fingerprint density at radius 1 is 1.17 bits per heavy atom. The molecule has 0 unspecified atom stereocenters. The molecule has 1 aliphatic carbocycles. The van der Waals surface area contributed by atoms with Crippen LogP contribution in [-0.2, 0) is 0 Å². The average Bonchev–Trinajstić information content (AvgIpc) is 2.30. The van der Waals surface area contributed by atoms with Gasteiger partial charge < -0.3 is 0 Å². The monoisotopic (exact) mass is 156 g/mol. The normalized spacial score (nSPS) is 18.2. The molecule has 0 saturated carbocycles. The van der Waals surface area contributed by atoms with Crippen LogP contribution in [0.4, 0.5) is 0 Å². The van der Waals surface area contributed by atoms with E-state index in [2.05, 4.69) is 51.5 Å². The summed E-state index contributed by atoms with van der Waals surface area (Å²) in [4.78, 5) is 0. The molecule has 62 valence electrons.